The quantitative estimate of drug-likeness (QED) is 0.523. The van der Waals surface area contributed by atoms with Crippen LogP contribution in [0.1, 0.15) is 18.1 Å². The average molecular weight is 355 g/mol. The van der Waals surface area contributed by atoms with Crippen molar-refractivity contribution >= 4 is 17.6 Å². The summed E-state index contributed by atoms with van der Waals surface area (Å²) >= 11 is 0. The normalized spacial score (nSPS) is 11.0. The molecule has 26 heavy (non-hydrogen) atoms. The fourth-order valence-corrected chi connectivity index (χ4v) is 2.30. The van der Waals surface area contributed by atoms with Gasteiger partial charge < -0.3 is 20.7 Å². The number of guanidine groups is 1. The lowest BCUT2D eigenvalue weighted by Crippen LogP contribution is -2.41. The van der Waals surface area contributed by atoms with Gasteiger partial charge in [0.1, 0.15) is 5.75 Å². The highest BCUT2D eigenvalue weighted by atomic mass is 16.5. The first-order valence-corrected chi connectivity index (χ1v) is 8.49. The van der Waals surface area contributed by atoms with E-state index in [1.54, 1.807) is 31.6 Å². The second-order valence-corrected chi connectivity index (χ2v) is 5.61. The van der Waals surface area contributed by atoms with Gasteiger partial charge in [0, 0.05) is 25.4 Å². The summed E-state index contributed by atoms with van der Waals surface area (Å²) in [6.07, 6.45) is 3.25. The van der Waals surface area contributed by atoms with Gasteiger partial charge in [-0.1, -0.05) is 12.1 Å². The number of aliphatic imine (C=N–C) groups is 1. The maximum atomic E-state index is 12.0. The molecule has 0 fully saturated rings. The van der Waals surface area contributed by atoms with Crippen LogP contribution in [0.5, 0.6) is 5.75 Å². The monoisotopic (exact) mass is 355 g/mol. The Labute approximate surface area is 153 Å². The third kappa shape index (κ3) is 6.08. The van der Waals surface area contributed by atoms with Crippen LogP contribution in [0.25, 0.3) is 0 Å². The summed E-state index contributed by atoms with van der Waals surface area (Å²) in [6.45, 7) is 5.24. The Hall–Kier alpha value is -3.09. The van der Waals surface area contributed by atoms with Crippen molar-refractivity contribution in [3.05, 3.63) is 53.9 Å². The van der Waals surface area contributed by atoms with Crippen LogP contribution in [-0.2, 0) is 11.3 Å². The Morgan fingerprint density at radius 3 is 2.81 bits per heavy atom. The number of carbonyl (C=O) groups excluding carboxylic acids is 1. The number of anilines is 1. The van der Waals surface area contributed by atoms with Gasteiger partial charge in [-0.2, -0.15) is 0 Å². The van der Waals surface area contributed by atoms with Crippen LogP contribution in [0.4, 0.5) is 5.69 Å². The molecule has 138 valence electrons. The number of pyridine rings is 1. The molecule has 0 unspecified atom stereocenters. The van der Waals surface area contributed by atoms with E-state index in [1.807, 2.05) is 32.0 Å². The zero-order chi connectivity index (χ0) is 18.8. The first-order valence-electron chi connectivity index (χ1n) is 8.49. The number of hydrogen-bond donors (Lipinski definition) is 3. The zero-order valence-corrected chi connectivity index (χ0v) is 15.4. The molecular weight excluding hydrogens is 330 g/mol. The summed E-state index contributed by atoms with van der Waals surface area (Å²) in [5.41, 5.74) is 2.83. The zero-order valence-electron chi connectivity index (χ0n) is 15.4. The number of benzene rings is 1. The third-order valence-electron chi connectivity index (χ3n) is 3.55. The smallest absolute Gasteiger partial charge is 0.243 e. The van der Waals surface area contributed by atoms with Crippen LogP contribution >= 0.6 is 0 Å². The molecule has 0 aliphatic carbocycles. The maximum Gasteiger partial charge on any atom is 0.243 e. The molecule has 1 aromatic heterocycles. The molecule has 0 saturated carbocycles. The van der Waals surface area contributed by atoms with Gasteiger partial charge in [0.25, 0.3) is 0 Å². The van der Waals surface area contributed by atoms with E-state index < -0.39 is 0 Å². The molecule has 1 heterocycles. The van der Waals surface area contributed by atoms with E-state index in [0.717, 1.165) is 16.9 Å². The van der Waals surface area contributed by atoms with Crippen LogP contribution < -0.4 is 20.7 Å². The molecule has 0 radical (unpaired) electrons. The summed E-state index contributed by atoms with van der Waals surface area (Å²) < 4.78 is 5.68. The molecule has 7 nitrogen and oxygen atoms in total. The highest BCUT2D eigenvalue weighted by molar-refractivity contribution is 5.94. The highest BCUT2D eigenvalue weighted by Gasteiger charge is 2.07. The van der Waals surface area contributed by atoms with Gasteiger partial charge in [0.05, 0.1) is 25.0 Å². The number of aryl methyl sites for hydroxylation is 1. The molecule has 2 rings (SSSR count). The first kappa shape index (κ1) is 19.2. The molecule has 0 atom stereocenters. The minimum atomic E-state index is -0.175. The van der Waals surface area contributed by atoms with E-state index in [2.05, 4.69) is 25.9 Å². The minimum Gasteiger partial charge on any atom is -0.494 e. The Balaban J connectivity index is 1.85. The predicted molar refractivity (Wildman–Crippen MR) is 103 cm³/mol. The Bertz CT molecular complexity index is 747. The molecule has 0 saturated heterocycles. The Morgan fingerprint density at radius 2 is 2.12 bits per heavy atom. The number of nitrogens with zero attached hydrogens (tertiary/aromatic N) is 2. The van der Waals surface area contributed by atoms with E-state index in [-0.39, 0.29) is 12.5 Å². The van der Waals surface area contributed by atoms with E-state index in [1.165, 1.54) is 0 Å². The van der Waals surface area contributed by atoms with Gasteiger partial charge in [-0.25, -0.2) is 0 Å². The first-order chi connectivity index (χ1) is 12.6. The molecule has 7 heteroatoms. The van der Waals surface area contributed by atoms with Crippen molar-refractivity contribution in [1.29, 1.82) is 0 Å². The van der Waals surface area contributed by atoms with E-state index in [9.17, 15) is 4.79 Å². The molecule has 0 spiro atoms. The van der Waals surface area contributed by atoms with E-state index in [0.29, 0.717) is 24.8 Å². The van der Waals surface area contributed by atoms with Crippen molar-refractivity contribution in [1.82, 2.24) is 15.6 Å². The summed E-state index contributed by atoms with van der Waals surface area (Å²) in [6, 6.07) is 9.62. The molecule has 2 aromatic rings. The maximum absolute atomic E-state index is 12.0. The molecule has 0 aliphatic rings. The van der Waals surface area contributed by atoms with Crippen LogP contribution in [-0.4, -0.2) is 37.1 Å². The molecule has 0 bridgehead atoms. The van der Waals surface area contributed by atoms with Crippen molar-refractivity contribution in [2.24, 2.45) is 4.99 Å². The number of carbonyl (C=O) groups is 1. The fraction of sp³-hybridized carbons (Fsp3) is 0.316. The Morgan fingerprint density at radius 1 is 1.27 bits per heavy atom. The second kappa shape index (κ2) is 10.0. The van der Waals surface area contributed by atoms with Crippen molar-refractivity contribution < 1.29 is 9.53 Å². The number of ether oxygens (including phenoxy) is 1. The highest BCUT2D eigenvalue weighted by Crippen LogP contribution is 2.20. The SMILES string of the molecule is CCOc1cc(C)ccc1CNC(=NC)NCC(=O)Nc1cccnc1. The van der Waals surface area contributed by atoms with Gasteiger partial charge >= 0.3 is 0 Å². The lowest BCUT2D eigenvalue weighted by molar-refractivity contribution is -0.115. The van der Waals surface area contributed by atoms with E-state index in [4.69, 9.17) is 4.74 Å². The van der Waals surface area contributed by atoms with Gasteiger partial charge in [0.15, 0.2) is 5.96 Å². The lowest BCUT2D eigenvalue weighted by Gasteiger charge is -2.15. The van der Waals surface area contributed by atoms with Crippen LogP contribution in [0.15, 0.2) is 47.7 Å². The molecule has 3 N–H and O–H groups in total. The summed E-state index contributed by atoms with van der Waals surface area (Å²) in [7, 11) is 1.66. The fourth-order valence-electron chi connectivity index (χ4n) is 2.30. The number of amides is 1. The molecular formula is C19H25N5O2. The van der Waals surface area contributed by atoms with Crippen molar-refractivity contribution in [3.63, 3.8) is 0 Å². The number of nitrogens with one attached hydrogen (secondary N) is 3. The second-order valence-electron chi connectivity index (χ2n) is 5.61. The number of hydrogen-bond acceptors (Lipinski definition) is 4. The summed E-state index contributed by atoms with van der Waals surface area (Å²) in [5.74, 6) is 1.21. The van der Waals surface area contributed by atoms with Crippen LogP contribution in [0.3, 0.4) is 0 Å². The van der Waals surface area contributed by atoms with Gasteiger partial charge in [-0.15, -0.1) is 0 Å². The molecule has 1 amide bonds. The van der Waals surface area contributed by atoms with Crippen LogP contribution in [0.2, 0.25) is 0 Å². The van der Waals surface area contributed by atoms with E-state index >= 15 is 0 Å². The topological polar surface area (TPSA) is 87.6 Å². The predicted octanol–water partition coefficient (Wildman–Crippen LogP) is 2.09. The van der Waals surface area contributed by atoms with Crippen molar-refractivity contribution in [2.45, 2.75) is 20.4 Å². The van der Waals surface area contributed by atoms with Gasteiger partial charge in [-0.3, -0.25) is 14.8 Å². The summed E-state index contributed by atoms with van der Waals surface area (Å²) in [5, 5.41) is 8.94. The average Bonchev–Trinajstić information content (AvgIpc) is 2.64. The van der Waals surface area contributed by atoms with Crippen LogP contribution in [0, 0.1) is 6.92 Å². The Kier molecular flexibility index (Phi) is 7.42. The minimum absolute atomic E-state index is 0.0980. The number of rotatable bonds is 7. The largest absolute Gasteiger partial charge is 0.494 e. The van der Waals surface area contributed by atoms with Gasteiger partial charge in [-0.05, 0) is 37.6 Å². The molecule has 0 aliphatic heterocycles. The van der Waals surface area contributed by atoms with Crippen molar-refractivity contribution in [3.8, 4) is 5.75 Å². The molecule has 1 aromatic carbocycles. The number of aromatic nitrogens is 1. The third-order valence-corrected chi connectivity index (χ3v) is 3.55. The lowest BCUT2D eigenvalue weighted by atomic mass is 10.1. The van der Waals surface area contributed by atoms with Crippen molar-refractivity contribution in [2.75, 3.05) is 25.5 Å². The van der Waals surface area contributed by atoms with Gasteiger partial charge in [0.2, 0.25) is 5.91 Å². The standard InChI is InChI=1S/C19H25N5O2/c1-4-26-17-10-14(2)7-8-15(17)11-22-19(20-3)23-13-18(25)24-16-6-5-9-21-12-16/h5-10,12H,4,11,13H2,1-3H3,(H,24,25)(H2,20,22,23). The summed E-state index contributed by atoms with van der Waals surface area (Å²) in [4.78, 5) is 20.1.